The van der Waals surface area contributed by atoms with Crippen molar-refractivity contribution in [1.29, 1.82) is 0 Å². The average molecular weight is 903 g/mol. The molecule has 0 saturated carbocycles. The second kappa shape index (κ2) is 19.6. The lowest BCUT2D eigenvalue weighted by atomic mass is 9.88. The van der Waals surface area contributed by atoms with Crippen molar-refractivity contribution in [3.8, 4) is 39.6 Å². The number of para-hydroxylation sites is 3. The van der Waals surface area contributed by atoms with E-state index >= 15 is 0 Å². The summed E-state index contributed by atoms with van der Waals surface area (Å²) in [5, 5.41) is 2.40. The molecule has 0 atom stereocenters. The molecule has 1 aliphatic rings. The Hall–Kier alpha value is -7.11. The zero-order chi connectivity index (χ0) is 55.3. The van der Waals surface area contributed by atoms with Gasteiger partial charge in [0.2, 0.25) is 0 Å². The normalized spacial score (nSPS) is 14.7. The Morgan fingerprint density at radius 1 is 0.603 bits per heavy atom. The molecule has 0 amide bonds. The smallest absolute Gasteiger partial charge is 0.137 e. The molecule has 1 aliphatic heterocycles. The number of aryl methyl sites for hydroxylation is 2. The third kappa shape index (κ3) is 8.90. The van der Waals surface area contributed by atoms with Gasteiger partial charge in [-0.05, 0) is 107 Å². The second-order valence-corrected chi connectivity index (χ2v) is 18.8. The molecule has 0 saturated heterocycles. The predicted molar refractivity (Wildman–Crippen MR) is 288 cm³/mol. The summed E-state index contributed by atoms with van der Waals surface area (Å²) in [4.78, 5) is 8.99. The van der Waals surface area contributed by atoms with Crippen LogP contribution in [0.3, 0.4) is 0 Å². The number of rotatable bonds is 16. The van der Waals surface area contributed by atoms with Crippen LogP contribution in [0.4, 0.5) is 22.7 Å². The molecule has 342 valence electrons. The number of ether oxygens (including phenoxy) is 1. The number of aromatic nitrogens is 2. The van der Waals surface area contributed by atoms with Crippen LogP contribution in [0.5, 0.6) is 11.5 Å². The van der Waals surface area contributed by atoms with E-state index in [2.05, 4.69) is 80.5 Å². The monoisotopic (exact) mass is 903 g/mol. The molecule has 5 nitrogen and oxygen atoms in total. The van der Waals surface area contributed by atoms with E-state index in [4.69, 9.17) is 23.4 Å². The maximum Gasteiger partial charge on any atom is 0.137 e. The first-order valence-electron chi connectivity index (χ1n) is 29.2. The fraction of sp³-hybridized carbons (Fsp3) is 0.254. The quantitative estimate of drug-likeness (QED) is 0.0905. The van der Waals surface area contributed by atoms with Gasteiger partial charge in [-0.1, -0.05) is 176 Å². The summed E-state index contributed by atoms with van der Waals surface area (Å²) in [5.41, 5.74) is 8.81. The van der Waals surface area contributed by atoms with Gasteiger partial charge < -0.3 is 14.5 Å². The van der Waals surface area contributed by atoms with Crippen molar-refractivity contribution in [2.45, 2.75) is 97.8 Å². The topological polar surface area (TPSA) is 33.5 Å². The molecular formula is C63H64N4O. The van der Waals surface area contributed by atoms with Crippen LogP contribution in [0.15, 0.2) is 176 Å². The summed E-state index contributed by atoms with van der Waals surface area (Å²) in [5.74, 6) is 2.05. The molecule has 0 bridgehead atoms. The van der Waals surface area contributed by atoms with E-state index in [0.29, 0.717) is 22.9 Å². The summed E-state index contributed by atoms with van der Waals surface area (Å²) in [7, 11) is 0. The van der Waals surface area contributed by atoms with Gasteiger partial charge in [0.1, 0.15) is 24.0 Å². The van der Waals surface area contributed by atoms with Crippen LogP contribution in [-0.4, -0.2) is 16.2 Å². The van der Waals surface area contributed by atoms with Crippen molar-refractivity contribution in [2.24, 2.45) is 0 Å². The van der Waals surface area contributed by atoms with E-state index in [1.54, 1.807) is 18.2 Å². The Morgan fingerprint density at radius 2 is 1.28 bits per heavy atom. The third-order valence-electron chi connectivity index (χ3n) is 13.2. The van der Waals surface area contributed by atoms with E-state index in [1.807, 2.05) is 65.7 Å². The van der Waals surface area contributed by atoms with Crippen LogP contribution in [-0.2, 0) is 18.3 Å². The zero-order valence-electron chi connectivity index (χ0n) is 49.7. The highest BCUT2D eigenvalue weighted by atomic mass is 16.5. The first-order chi connectivity index (χ1) is 37.4. The molecule has 0 radical (unpaired) electrons. The first kappa shape index (κ1) is 34.2. The lowest BCUT2D eigenvalue weighted by Crippen LogP contribution is -2.24. The van der Waals surface area contributed by atoms with E-state index in [1.165, 1.54) is 54.2 Å². The standard InChI is InChI=1S/C63H64N4O/c1-6-8-9-10-11-14-28-47-35-38-58-61(52(47)23-7-2)55-37-36-51(43-59(55)67(58)60-41-48(39-40-64-60)63(3,4)5)68-50-30-21-29-49(42-50)65-44-66(57-34-20-19-33-56(57)65)62-53(45-24-15-12-16-25-45)31-22-32-54(62)46-26-17-13-18-27-46/h12-13,15-22,24-27,29-43H,6-11,14,23,28,44H2,1-5H3/i12D,13D,15D,16D,17D,18D,24D,25D,26D,27D. The number of hydrogen-bond donors (Lipinski definition) is 0. The first-order valence-corrected chi connectivity index (χ1v) is 24.2. The molecule has 68 heavy (non-hydrogen) atoms. The Labute approximate surface area is 417 Å². The van der Waals surface area contributed by atoms with Gasteiger partial charge in [0.25, 0.3) is 0 Å². The Morgan fingerprint density at radius 3 is 1.99 bits per heavy atom. The summed E-state index contributed by atoms with van der Waals surface area (Å²) < 4.78 is 96.8. The van der Waals surface area contributed by atoms with Crippen LogP contribution in [0, 0.1) is 0 Å². The number of anilines is 4. The van der Waals surface area contributed by atoms with Gasteiger partial charge in [-0.25, -0.2) is 4.98 Å². The van der Waals surface area contributed by atoms with Crippen LogP contribution < -0.4 is 14.5 Å². The summed E-state index contributed by atoms with van der Waals surface area (Å²) in [6.07, 6.45) is 12.4. The maximum atomic E-state index is 9.09. The molecule has 9 aromatic rings. The predicted octanol–water partition coefficient (Wildman–Crippen LogP) is 17.7. The lowest BCUT2D eigenvalue weighted by molar-refractivity contribution is 0.483. The molecule has 0 fully saturated rings. The molecule has 2 aromatic heterocycles. The van der Waals surface area contributed by atoms with Crippen molar-refractivity contribution in [1.82, 2.24) is 9.55 Å². The van der Waals surface area contributed by atoms with Crippen molar-refractivity contribution >= 4 is 44.6 Å². The third-order valence-corrected chi connectivity index (χ3v) is 13.2. The number of fused-ring (bicyclic) bond motifs is 4. The number of pyridine rings is 1. The fourth-order valence-corrected chi connectivity index (χ4v) is 9.87. The van der Waals surface area contributed by atoms with Crippen molar-refractivity contribution in [3.63, 3.8) is 0 Å². The van der Waals surface area contributed by atoms with E-state index in [-0.39, 0.29) is 34.3 Å². The number of hydrogen-bond acceptors (Lipinski definition) is 4. The largest absolute Gasteiger partial charge is 0.457 e. The van der Waals surface area contributed by atoms with Crippen molar-refractivity contribution in [3.05, 3.63) is 193 Å². The minimum absolute atomic E-state index is 0.0829. The summed E-state index contributed by atoms with van der Waals surface area (Å²) in [6, 6.07) is 30.7. The van der Waals surface area contributed by atoms with Gasteiger partial charge in [-0.15, -0.1) is 0 Å². The second-order valence-electron chi connectivity index (χ2n) is 18.8. The minimum atomic E-state index is -0.546. The molecule has 10 rings (SSSR count). The van der Waals surface area contributed by atoms with E-state index < -0.39 is 60.4 Å². The van der Waals surface area contributed by atoms with Gasteiger partial charge in [0, 0.05) is 45.9 Å². The molecule has 0 aliphatic carbocycles. The van der Waals surface area contributed by atoms with E-state index in [0.717, 1.165) is 59.3 Å². The van der Waals surface area contributed by atoms with Crippen molar-refractivity contribution < 1.29 is 18.4 Å². The Bertz CT molecular complexity index is 3650. The van der Waals surface area contributed by atoms with E-state index in [9.17, 15) is 0 Å². The van der Waals surface area contributed by atoms with Gasteiger partial charge >= 0.3 is 0 Å². The summed E-state index contributed by atoms with van der Waals surface area (Å²) in [6.45, 7) is 11.3. The zero-order valence-corrected chi connectivity index (χ0v) is 39.7. The number of benzene rings is 7. The summed E-state index contributed by atoms with van der Waals surface area (Å²) >= 11 is 0. The molecule has 0 N–H and O–H groups in total. The van der Waals surface area contributed by atoms with Crippen molar-refractivity contribution in [2.75, 3.05) is 16.5 Å². The van der Waals surface area contributed by atoms with Gasteiger partial charge in [0.15, 0.2) is 0 Å². The molecule has 5 heteroatoms. The lowest BCUT2D eigenvalue weighted by Gasteiger charge is -2.27. The van der Waals surface area contributed by atoms with Gasteiger partial charge in [-0.2, -0.15) is 0 Å². The SMILES string of the molecule is [2H]c1c([2H])c([2H])c(-c2cccc(-c3c([2H])c([2H])c([2H])c([2H])c3[2H])c2N2CN(c3cccc(Oc4ccc5c6c(CCC)c(CCCCCCCC)ccc6n(-c6cc(C(C)(C)C)ccn6)c5c4)c3)c3ccccc32)c([2H])c1[2H]. The number of unbranched alkanes of at least 4 members (excludes halogenated alkanes) is 5. The highest BCUT2D eigenvalue weighted by Gasteiger charge is 2.31. The molecule has 0 spiro atoms. The highest BCUT2D eigenvalue weighted by molar-refractivity contribution is 6.11. The molecule has 7 aromatic carbocycles. The van der Waals surface area contributed by atoms with Gasteiger partial charge in [-0.3, -0.25) is 4.57 Å². The van der Waals surface area contributed by atoms with Gasteiger partial charge in [0.05, 0.1) is 41.8 Å². The van der Waals surface area contributed by atoms with Crippen LogP contribution in [0.25, 0.3) is 49.9 Å². The van der Waals surface area contributed by atoms with Crippen LogP contribution in [0.2, 0.25) is 0 Å². The van der Waals surface area contributed by atoms with Crippen LogP contribution >= 0.6 is 0 Å². The minimum Gasteiger partial charge on any atom is -0.457 e. The fourth-order valence-electron chi connectivity index (χ4n) is 9.87. The Balaban J connectivity index is 1.08. The average Bonchev–Trinajstić information content (AvgIpc) is 4.11. The highest BCUT2D eigenvalue weighted by Crippen LogP contribution is 2.50. The molecular weight excluding hydrogens is 829 g/mol. The maximum absolute atomic E-state index is 9.09. The number of nitrogens with zero attached hydrogens (tertiary/aromatic N) is 4. The molecule has 0 unspecified atom stereocenters. The van der Waals surface area contributed by atoms with Crippen LogP contribution in [0.1, 0.15) is 110 Å². The Kier molecular flexibility index (Phi) is 9.87. The molecule has 3 heterocycles.